The van der Waals surface area contributed by atoms with Gasteiger partial charge in [-0.05, 0) is 35.4 Å². The Morgan fingerprint density at radius 1 is 1.15 bits per heavy atom. The molecule has 5 heteroatoms. The molecule has 0 unspecified atom stereocenters. The predicted octanol–water partition coefficient (Wildman–Crippen LogP) is 3.64. The molecule has 1 aliphatic heterocycles. The van der Waals surface area contributed by atoms with Crippen molar-refractivity contribution in [3.63, 3.8) is 0 Å². The monoisotopic (exact) mass is 349 g/mol. The molecule has 0 saturated heterocycles. The normalized spacial score (nSPS) is 16.2. The topological polar surface area (TPSA) is 62.9 Å². The second-order valence-electron chi connectivity index (χ2n) is 6.30. The van der Waals surface area contributed by atoms with E-state index in [1.807, 2.05) is 48.5 Å². The molecule has 0 spiro atoms. The lowest BCUT2D eigenvalue weighted by molar-refractivity contribution is 0.0522. The molecular weight excluding hydrogens is 330 g/mol. The summed E-state index contributed by atoms with van der Waals surface area (Å²) >= 11 is 0. The SMILES string of the molecule is COc1cccc(-c2ccc(C(=O)N3Cc4ccccc4[C@H](O)C3)o2)c1. The highest BCUT2D eigenvalue weighted by atomic mass is 16.5. The summed E-state index contributed by atoms with van der Waals surface area (Å²) < 4.78 is 11.0. The van der Waals surface area contributed by atoms with E-state index in [9.17, 15) is 9.90 Å². The van der Waals surface area contributed by atoms with Crippen LogP contribution in [0.15, 0.2) is 65.1 Å². The lowest BCUT2D eigenvalue weighted by Crippen LogP contribution is -2.38. The summed E-state index contributed by atoms with van der Waals surface area (Å²) in [5, 5.41) is 10.3. The Bertz CT molecular complexity index is 946. The molecule has 4 rings (SSSR count). The maximum Gasteiger partial charge on any atom is 0.289 e. The number of hydrogen-bond donors (Lipinski definition) is 1. The number of benzene rings is 2. The first kappa shape index (κ1) is 16.4. The van der Waals surface area contributed by atoms with E-state index in [0.717, 1.165) is 22.4 Å². The molecule has 2 aromatic carbocycles. The zero-order valence-corrected chi connectivity index (χ0v) is 14.4. The Hall–Kier alpha value is -3.05. The summed E-state index contributed by atoms with van der Waals surface area (Å²) in [6.45, 7) is 0.715. The Kier molecular flexibility index (Phi) is 4.22. The van der Waals surface area contributed by atoms with Crippen LogP contribution in [0, 0.1) is 0 Å². The van der Waals surface area contributed by atoms with Crippen molar-refractivity contribution in [2.45, 2.75) is 12.6 Å². The largest absolute Gasteiger partial charge is 0.497 e. The maximum atomic E-state index is 12.8. The number of aliphatic hydroxyl groups is 1. The van der Waals surface area contributed by atoms with E-state index in [1.54, 1.807) is 24.1 Å². The average molecular weight is 349 g/mol. The molecule has 2 heterocycles. The van der Waals surface area contributed by atoms with Crippen LogP contribution in [-0.2, 0) is 6.54 Å². The highest BCUT2D eigenvalue weighted by Gasteiger charge is 2.28. The molecule has 1 aromatic heterocycles. The number of hydrogen-bond acceptors (Lipinski definition) is 4. The molecule has 132 valence electrons. The molecule has 0 saturated carbocycles. The van der Waals surface area contributed by atoms with E-state index < -0.39 is 6.10 Å². The molecule has 1 aliphatic rings. The molecule has 1 amide bonds. The van der Waals surface area contributed by atoms with Gasteiger partial charge in [-0.15, -0.1) is 0 Å². The number of aliphatic hydroxyl groups excluding tert-OH is 1. The van der Waals surface area contributed by atoms with E-state index in [1.165, 1.54) is 0 Å². The van der Waals surface area contributed by atoms with Crippen LogP contribution in [0.4, 0.5) is 0 Å². The summed E-state index contributed by atoms with van der Waals surface area (Å²) in [6.07, 6.45) is -0.684. The van der Waals surface area contributed by atoms with Gasteiger partial charge in [-0.3, -0.25) is 4.79 Å². The van der Waals surface area contributed by atoms with Crippen LogP contribution in [0.25, 0.3) is 11.3 Å². The number of ether oxygens (including phenoxy) is 1. The van der Waals surface area contributed by atoms with E-state index in [-0.39, 0.29) is 18.2 Å². The predicted molar refractivity (Wildman–Crippen MR) is 96.8 cm³/mol. The van der Waals surface area contributed by atoms with Crippen molar-refractivity contribution >= 4 is 5.91 Å². The Balaban J connectivity index is 1.57. The Morgan fingerprint density at radius 2 is 2.00 bits per heavy atom. The summed E-state index contributed by atoms with van der Waals surface area (Å²) in [4.78, 5) is 14.4. The van der Waals surface area contributed by atoms with Crippen LogP contribution in [0.2, 0.25) is 0 Å². The number of carbonyl (C=O) groups excluding carboxylic acids is 1. The van der Waals surface area contributed by atoms with Gasteiger partial charge in [0.25, 0.3) is 5.91 Å². The van der Waals surface area contributed by atoms with Crippen LogP contribution in [-0.4, -0.2) is 29.6 Å². The molecular formula is C21H19NO4. The van der Waals surface area contributed by atoms with Gasteiger partial charge < -0.3 is 19.2 Å². The van der Waals surface area contributed by atoms with Gasteiger partial charge in [0.05, 0.1) is 19.8 Å². The molecule has 0 aliphatic carbocycles. The number of furan rings is 1. The summed E-state index contributed by atoms with van der Waals surface area (Å²) in [6, 6.07) is 18.6. The van der Waals surface area contributed by atoms with Crippen LogP contribution >= 0.6 is 0 Å². The first-order valence-electron chi connectivity index (χ1n) is 8.45. The maximum absolute atomic E-state index is 12.8. The summed E-state index contributed by atoms with van der Waals surface area (Å²) in [5.74, 6) is 1.36. The summed E-state index contributed by atoms with van der Waals surface area (Å²) in [7, 11) is 1.61. The van der Waals surface area contributed by atoms with Crippen molar-refractivity contribution in [2.24, 2.45) is 0 Å². The molecule has 26 heavy (non-hydrogen) atoms. The first-order chi connectivity index (χ1) is 12.7. The van der Waals surface area contributed by atoms with Gasteiger partial charge in [0.1, 0.15) is 11.5 Å². The fraction of sp³-hybridized carbons (Fsp3) is 0.190. The van der Waals surface area contributed by atoms with Crippen LogP contribution in [0.5, 0.6) is 5.75 Å². The van der Waals surface area contributed by atoms with E-state index >= 15 is 0 Å². The van der Waals surface area contributed by atoms with Crippen LogP contribution < -0.4 is 4.74 Å². The molecule has 1 N–H and O–H groups in total. The third kappa shape index (κ3) is 2.97. The van der Waals surface area contributed by atoms with Gasteiger partial charge >= 0.3 is 0 Å². The van der Waals surface area contributed by atoms with Crippen molar-refractivity contribution in [1.82, 2.24) is 4.90 Å². The van der Waals surface area contributed by atoms with Crippen LogP contribution in [0.1, 0.15) is 27.8 Å². The highest BCUT2D eigenvalue weighted by Crippen LogP contribution is 2.29. The smallest absolute Gasteiger partial charge is 0.289 e. The van der Waals surface area contributed by atoms with E-state index in [2.05, 4.69) is 0 Å². The fourth-order valence-corrected chi connectivity index (χ4v) is 3.28. The third-order valence-corrected chi connectivity index (χ3v) is 4.63. The van der Waals surface area contributed by atoms with Crippen molar-refractivity contribution in [3.05, 3.63) is 77.6 Å². The molecule has 5 nitrogen and oxygen atoms in total. The molecule has 0 radical (unpaired) electrons. The zero-order valence-electron chi connectivity index (χ0n) is 14.4. The third-order valence-electron chi connectivity index (χ3n) is 4.63. The minimum atomic E-state index is -0.684. The molecule has 1 atom stereocenters. The molecule has 3 aromatic rings. The van der Waals surface area contributed by atoms with Crippen molar-refractivity contribution < 1.29 is 19.1 Å². The van der Waals surface area contributed by atoms with Crippen LogP contribution in [0.3, 0.4) is 0 Å². The highest BCUT2D eigenvalue weighted by molar-refractivity contribution is 5.92. The fourth-order valence-electron chi connectivity index (χ4n) is 3.28. The van der Waals surface area contributed by atoms with Gasteiger partial charge in [0.2, 0.25) is 0 Å². The second kappa shape index (κ2) is 6.69. The number of β-amino-alcohol motifs (C(OH)–C–C–N with tert-alkyl or cyclic N) is 1. The van der Waals surface area contributed by atoms with Crippen molar-refractivity contribution in [2.75, 3.05) is 13.7 Å². The lowest BCUT2D eigenvalue weighted by atomic mass is 9.97. The first-order valence-corrected chi connectivity index (χ1v) is 8.45. The standard InChI is InChI=1S/C21H19NO4/c1-25-16-7-4-6-14(11-16)19-9-10-20(26-19)21(24)22-12-15-5-2-3-8-17(15)18(23)13-22/h2-11,18,23H,12-13H2,1H3/t18-/m1/s1. The van der Waals surface area contributed by atoms with Crippen molar-refractivity contribution in [3.8, 4) is 17.1 Å². The number of fused-ring (bicyclic) bond motifs is 1. The minimum absolute atomic E-state index is 0.229. The Morgan fingerprint density at radius 3 is 2.85 bits per heavy atom. The number of amides is 1. The van der Waals surface area contributed by atoms with Gasteiger partial charge in [-0.1, -0.05) is 36.4 Å². The minimum Gasteiger partial charge on any atom is -0.497 e. The summed E-state index contributed by atoms with van der Waals surface area (Å²) in [5.41, 5.74) is 2.68. The number of methoxy groups -OCH3 is 1. The zero-order chi connectivity index (χ0) is 18.1. The average Bonchev–Trinajstić information content (AvgIpc) is 3.17. The van der Waals surface area contributed by atoms with Gasteiger partial charge in [0.15, 0.2) is 5.76 Å². The molecule has 0 fully saturated rings. The van der Waals surface area contributed by atoms with Gasteiger partial charge in [-0.25, -0.2) is 0 Å². The number of rotatable bonds is 3. The van der Waals surface area contributed by atoms with E-state index in [0.29, 0.717) is 12.3 Å². The van der Waals surface area contributed by atoms with Crippen molar-refractivity contribution in [1.29, 1.82) is 0 Å². The second-order valence-corrected chi connectivity index (χ2v) is 6.30. The Labute approximate surface area is 151 Å². The lowest BCUT2D eigenvalue weighted by Gasteiger charge is -2.31. The number of nitrogens with zero attached hydrogens (tertiary/aromatic N) is 1. The van der Waals surface area contributed by atoms with Gasteiger partial charge in [-0.2, -0.15) is 0 Å². The quantitative estimate of drug-likeness (QED) is 0.784. The molecule has 0 bridgehead atoms. The van der Waals surface area contributed by atoms with Gasteiger partial charge in [0, 0.05) is 12.1 Å². The number of carbonyl (C=O) groups is 1. The van der Waals surface area contributed by atoms with E-state index in [4.69, 9.17) is 9.15 Å².